The van der Waals surface area contributed by atoms with E-state index in [0.717, 1.165) is 0 Å². The van der Waals surface area contributed by atoms with Gasteiger partial charge in [-0.05, 0) is 32.0 Å². The molecule has 0 saturated carbocycles. The molecule has 2 N–H and O–H groups in total. The molecule has 0 radical (unpaired) electrons. The fraction of sp³-hybridized carbons (Fsp3) is 0.278. The van der Waals surface area contributed by atoms with Gasteiger partial charge in [-0.1, -0.05) is 6.07 Å². The predicted molar refractivity (Wildman–Crippen MR) is 95.9 cm³/mol. The van der Waals surface area contributed by atoms with Gasteiger partial charge in [0.2, 0.25) is 0 Å². The van der Waals surface area contributed by atoms with E-state index in [0.29, 0.717) is 28.3 Å². The molecule has 2 aromatic heterocycles. The highest BCUT2D eigenvalue weighted by Crippen LogP contribution is 2.22. The highest BCUT2D eigenvalue weighted by molar-refractivity contribution is 5.99. The topological polar surface area (TPSA) is 80.5 Å². The normalized spacial score (nSPS) is 11.0. The van der Waals surface area contributed by atoms with E-state index in [4.69, 9.17) is 4.74 Å². The average Bonchev–Trinajstić information content (AvgIpc) is 3.03. The first kappa shape index (κ1) is 17.7. The van der Waals surface area contributed by atoms with Gasteiger partial charge in [0, 0.05) is 24.3 Å². The first-order chi connectivity index (χ1) is 12.5. The van der Waals surface area contributed by atoms with E-state index in [9.17, 15) is 9.18 Å². The van der Waals surface area contributed by atoms with Gasteiger partial charge in [0.25, 0.3) is 5.91 Å². The van der Waals surface area contributed by atoms with Gasteiger partial charge in [0.15, 0.2) is 5.65 Å². The maximum atomic E-state index is 14.0. The zero-order valence-corrected chi connectivity index (χ0v) is 14.8. The Bertz CT molecular complexity index is 938. The van der Waals surface area contributed by atoms with Gasteiger partial charge in [-0.25, -0.2) is 13.9 Å². The summed E-state index contributed by atoms with van der Waals surface area (Å²) in [5.41, 5.74) is 1.21. The van der Waals surface area contributed by atoms with Crippen molar-refractivity contribution in [3.05, 3.63) is 53.6 Å². The molecule has 136 valence electrons. The molecule has 2 heterocycles. The maximum absolute atomic E-state index is 14.0. The number of nitrogens with one attached hydrogen (secondary N) is 2. The van der Waals surface area contributed by atoms with Crippen molar-refractivity contribution in [3.63, 3.8) is 0 Å². The van der Waals surface area contributed by atoms with Crippen LogP contribution in [0, 0.1) is 5.82 Å². The molecule has 26 heavy (non-hydrogen) atoms. The van der Waals surface area contributed by atoms with E-state index >= 15 is 0 Å². The molecule has 0 atom stereocenters. The van der Waals surface area contributed by atoms with Crippen LogP contribution in [0.4, 0.5) is 10.2 Å². The molecule has 8 heteroatoms. The lowest BCUT2D eigenvalue weighted by Gasteiger charge is -2.11. The molecule has 3 aromatic rings. The van der Waals surface area contributed by atoms with Crippen molar-refractivity contribution in [1.82, 2.24) is 19.9 Å². The first-order valence-corrected chi connectivity index (χ1v) is 8.20. The summed E-state index contributed by atoms with van der Waals surface area (Å²) in [6.45, 7) is 3.96. The number of benzene rings is 1. The second kappa shape index (κ2) is 7.38. The van der Waals surface area contributed by atoms with E-state index in [-0.39, 0.29) is 24.3 Å². The van der Waals surface area contributed by atoms with Crippen LogP contribution in [0.1, 0.15) is 29.8 Å². The molecule has 1 aromatic carbocycles. The summed E-state index contributed by atoms with van der Waals surface area (Å²) >= 11 is 0. The first-order valence-electron chi connectivity index (χ1n) is 8.20. The van der Waals surface area contributed by atoms with Gasteiger partial charge < -0.3 is 15.4 Å². The lowest BCUT2D eigenvalue weighted by Crippen LogP contribution is -2.30. The van der Waals surface area contributed by atoms with Crippen LogP contribution in [0.15, 0.2) is 36.7 Å². The Morgan fingerprint density at radius 2 is 2.15 bits per heavy atom. The van der Waals surface area contributed by atoms with Gasteiger partial charge in [0.1, 0.15) is 22.9 Å². The monoisotopic (exact) mass is 357 g/mol. The number of hydrogen-bond donors (Lipinski definition) is 2. The summed E-state index contributed by atoms with van der Waals surface area (Å²) in [5, 5.41) is 10.0. The number of fused-ring (bicyclic) bond motifs is 1. The number of anilines is 1. The highest BCUT2D eigenvalue weighted by atomic mass is 19.1. The third kappa shape index (κ3) is 3.58. The van der Waals surface area contributed by atoms with Crippen molar-refractivity contribution in [2.24, 2.45) is 0 Å². The Morgan fingerprint density at radius 3 is 2.88 bits per heavy atom. The van der Waals surface area contributed by atoms with Crippen LogP contribution in [0.3, 0.4) is 0 Å². The number of hydrogen-bond acceptors (Lipinski definition) is 5. The summed E-state index contributed by atoms with van der Waals surface area (Å²) in [4.78, 5) is 16.7. The minimum absolute atomic E-state index is 0.00674. The minimum Gasteiger partial charge on any atom is -0.496 e. The Morgan fingerprint density at radius 1 is 1.35 bits per heavy atom. The van der Waals surface area contributed by atoms with Crippen molar-refractivity contribution in [3.8, 4) is 5.75 Å². The molecule has 0 aliphatic heterocycles. The smallest absolute Gasteiger partial charge is 0.256 e. The van der Waals surface area contributed by atoms with Crippen molar-refractivity contribution in [2.75, 3.05) is 12.4 Å². The molecule has 1 amide bonds. The van der Waals surface area contributed by atoms with Crippen molar-refractivity contribution in [1.29, 1.82) is 0 Å². The van der Waals surface area contributed by atoms with Crippen LogP contribution in [0.5, 0.6) is 5.75 Å². The molecule has 3 rings (SSSR count). The summed E-state index contributed by atoms with van der Waals surface area (Å²) < 4.78 is 20.7. The van der Waals surface area contributed by atoms with Crippen LogP contribution in [0.25, 0.3) is 5.65 Å². The number of amides is 1. The molecule has 0 aliphatic carbocycles. The number of aromatic nitrogens is 3. The molecular formula is C18H20FN5O2. The standard InChI is InChI=1S/C18H20FN5O2/c1-11(2)22-18(25)13-10-21-24-8-7-16(23-17(13)24)20-9-12-14(19)5-4-6-15(12)26-3/h4-8,10-11H,9H2,1-3H3,(H,20,23)(H,22,25). The van der Waals surface area contributed by atoms with E-state index < -0.39 is 0 Å². The van der Waals surface area contributed by atoms with E-state index in [1.807, 2.05) is 13.8 Å². The lowest BCUT2D eigenvalue weighted by molar-refractivity contribution is 0.0944. The molecular weight excluding hydrogens is 337 g/mol. The summed E-state index contributed by atoms with van der Waals surface area (Å²) in [7, 11) is 1.49. The number of halogens is 1. The van der Waals surface area contributed by atoms with Gasteiger partial charge >= 0.3 is 0 Å². The van der Waals surface area contributed by atoms with Crippen LogP contribution in [-0.2, 0) is 6.54 Å². The number of carbonyl (C=O) groups excluding carboxylic acids is 1. The van der Waals surface area contributed by atoms with Crippen molar-refractivity contribution >= 4 is 17.4 Å². The lowest BCUT2D eigenvalue weighted by atomic mass is 10.2. The van der Waals surface area contributed by atoms with Crippen molar-refractivity contribution < 1.29 is 13.9 Å². The average molecular weight is 357 g/mol. The Hall–Kier alpha value is -3.16. The number of ether oxygens (including phenoxy) is 1. The third-order valence-electron chi connectivity index (χ3n) is 3.78. The Labute approximate surface area is 150 Å². The molecule has 0 bridgehead atoms. The quantitative estimate of drug-likeness (QED) is 0.709. The Balaban J connectivity index is 1.84. The van der Waals surface area contributed by atoms with Gasteiger partial charge in [-0.15, -0.1) is 0 Å². The maximum Gasteiger partial charge on any atom is 0.256 e. The molecule has 7 nitrogen and oxygen atoms in total. The highest BCUT2D eigenvalue weighted by Gasteiger charge is 2.15. The zero-order valence-electron chi connectivity index (χ0n) is 14.8. The zero-order chi connectivity index (χ0) is 18.7. The second-order valence-corrected chi connectivity index (χ2v) is 6.04. The van der Waals surface area contributed by atoms with E-state index in [1.54, 1.807) is 24.4 Å². The fourth-order valence-electron chi connectivity index (χ4n) is 2.55. The Kier molecular flexibility index (Phi) is 5.01. The number of rotatable bonds is 6. The fourth-order valence-corrected chi connectivity index (χ4v) is 2.55. The number of carbonyl (C=O) groups is 1. The molecule has 0 fully saturated rings. The van der Waals surface area contributed by atoms with Crippen LogP contribution in [0.2, 0.25) is 0 Å². The van der Waals surface area contributed by atoms with E-state index in [1.165, 1.54) is 23.9 Å². The van der Waals surface area contributed by atoms with Crippen molar-refractivity contribution in [2.45, 2.75) is 26.4 Å². The van der Waals surface area contributed by atoms with Crippen LogP contribution < -0.4 is 15.4 Å². The van der Waals surface area contributed by atoms with Gasteiger partial charge in [-0.3, -0.25) is 4.79 Å². The van der Waals surface area contributed by atoms with Crippen LogP contribution in [-0.4, -0.2) is 33.7 Å². The van der Waals surface area contributed by atoms with Gasteiger partial charge in [-0.2, -0.15) is 5.10 Å². The van der Waals surface area contributed by atoms with Gasteiger partial charge in [0.05, 0.1) is 13.3 Å². The predicted octanol–water partition coefficient (Wildman–Crippen LogP) is 2.63. The minimum atomic E-state index is -0.362. The molecule has 0 spiro atoms. The largest absolute Gasteiger partial charge is 0.496 e. The molecule has 0 saturated heterocycles. The number of nitrogens with zero attached hydrogens (tertiary/aromatic N) is 3. The molecule has 0 aliphatic rings. The van der Waals surface area contributed by atoms with Crippen LogP contribution >= 0.6 is 0 Å². The van der Waals surface area contributed by atoms with E-state index in [2.05, 4.69) is 20.7 Å². The third-order valence-corrected chi connectivity index (χ3v) is 3.78. The summed E-state index contributed by atoms with van der Waals surface area (Å²) in [6.07, 6.45) is 3.17. The molecule has 0 unspecified atom stereocenters. The second-order valence-electron chi connectivity index (χ2n) is 6.04. The SMILES string of the molecule is COc1cccc(F)c1CNc1ccn2ncc(C(=O)NC(C)C)c2n1. The summed E-state index contributed by atoms with van der Waals surface area (Å²) in [5.74, 6) is 0.358. The summed E-state index contributed by atoms with van der Waals surface area (Å²) in [6, 6.07) is 6.38. The number of methoxy groups -OCH3 is 1.